The van der Waals surface area contributed by atoms with E-state index in [1.54, 1.807) is 0 Å². The predicted molar refractivity (Wildman–Crippen MR) is 58.1 cm³/mol. The molecule has 1 aromatic rings. The summed E-state index contributed by atoms with van der Waals surface area (Å²) >= 11 is 3.52. The second-order valence-corrected chi connectivity index (χ2v) is 4.32. The van der Waals surface area contributed by atoms with Crippen LogP contribution in [0.5, 0.6) is 0 Å². The summed E-state index contributed by atoms with van der Waals surface area (Å²) in [6.07, 6.45) is 4.33. The van der Waals surface area contributed by atoms with E-state index in [0.717, 1.165) is 10.5 Å². The molecular weight excluding hydrogens is 224 g/mol. The van der Waals surface area contributed by atoms with Gasteiger partial charge in [-0.1, -0.05) is 58.4 Å². The second kappa shape index (κ2) is 2.58. The van der Waals surface area contributed by atoms with Gasteiger partial charge in [-0.05, 0) is 11.1 Å². The molecular formula is C12H9Br. The predicted octanol–water partition coefficient (Wildman–Crippen LogP) is 3.72. The fourth-order valence-electron chi connectivity index (χ4n) is 2.09. The molecule has 0 aliphatic heterocycles. The van der Waals surface area contributed by atoms with E-state index < -0.39 is 0 Å². The van der Waals surface area contributed by atoms with Crippen LogP contribution in [0.2, 0.25) is 0 Å². The zero-order valence-corrected chi connectivity index (χ0v) is 8.58. The number of hydrogen-bond acceptors (Lipinski definition) is 0. The van der Waals surface area contributed by atoms with Crippen molar-refractivity contribution in [3.8, 4) is 0 Å². The normalized spacial score (nSPS) is 30.4. The van der Waals surface area contributed by atoms with Crippen LogP contribution in [0, 0.1) is 0 Å². The van der Waals surface area contributed by atoms with Crippen molar-refractivity contribution in [3.05, 3.63) is 58.1 Å². The molecule has 0 spiro atoms. The van der Waals surface area contributed by atoms with Crippen LogP contribution in [0.4, 0.5) is 0 Å². The van der Waals surface area contributed by atoms with Crippen molar-refractivity contribution in [2.45, 2.75) is 11.8 Å². The summed E-state index contributed by atoms with van der Waals surface area (Å²) < 4.78 is 9.01. The fourth-order valence-corrected chi connectivity index (χ4v) is 2.74. The van der Waals surface area contributed by atoms with Crippen LogP contribution >= 0.6 is 15.9 Å². The lowest BCUT2D eigenvalue weighted by molar-refractivity contribution is 0.869. The quantitative estimate of drug-likeness (QED) is 0.600. The molecule has 1 aromatic carbocycles. The van der Waals surface area contributed by atoms with Crippen molar-refractivity contribution in [2.75, 3.05) is 0 Å². The van der Waals surface area contributed by atoms with E-state index in [4.69, 9.17) is 1.37 Å². The first-order valence-corrected chi connectivity index (χ1v) is 5.21. The standard InChI is InChI=1S/C12H9Br/c13-12-7-8-5-6-11(12)10-4-2-1-3-9(8)10/h1-8,11H/i7D. The highest BCUT2D eigenvalue weighted by atomic mass is 79.9. The molecule has 13 heavy (non-hydrogen) atoms. The maximum absolute atomic E-state index is 7.98. The minimum absolute atomic E-state index is 0.172. The van der Waals surface area contributed by atoms with Gasteiger partial charge in [-0.3, -0.25) is 0 Å². The Morgan fingerprint density at radius 1 is 1.15 bits per heavy atom. The van der Waals surface area contributed by atoms with Crippen LogP contribution in [-0.2, 0) is 0 Å². The van der Waals surface area contributed by atoms with E-state index in [2.05, 4.69) is 52.3 Å². The summed E-state index contributed by atoms with van der Waals surface area (Å²) in [6, 6.07) is 9.12. The Morgan fingerprint density at radius 2 is 1.92 bits per heavy atom. The number of allylic oxidation sites excluding steroid dienone is 4. The van der Waals surface area contributed by atoms with Gasteiger partial charge in [0.15, 0.2) is 0 Å². The summed E-state index contributed by atoms with van der Waals surface area (Å²) in [6.45, 7) is 0. The molecule has 64 valence electrons. The summed E-state index contributed by atoms with van der Waals surface area (Å²) in [5.41, 5.74) is 2.65. The zero-order chi connectivity index (χ0) is 9.71. The molecule has 3 aliphatic rings. The highest BCUT2D eigenvalue weighted by Gasteiger charge is 2.27. The molecule has 0 saturated heterocycles. The molecule has 0 aromatic heterocycles. The molecule has 1 heteroatoms. The third kappa shape index (κ3) is 0.969. The smallest absolute Gasteiger partial charge is 0.0594 e. The Bertz CT molecular complexity index is 418. The van der Waals surface area contributed by atoms with E-state index in [1.165, 1.54) is 11.1 Å². The Hall–Kier alpha value is -0.820. The number of rotatable bonds is 0. The Balaban J connectivity index is 2.28. The minimum atomic E-state index is 0.172. The van der Waals surface area contributed by atoms with Crippen molar-refractivity contribution in [1.29, 1.82) is 0 Å². The molecule has 0 N–H and O–H groups in total. The largest absolute Gasteiger partial charge is 0.0762 e. The molecule has 0 fully saturated rings. The molecule has 2 bridgehead atoms. The van der Waals surface area contributed by atoms with Gasteiger partial charge < -0.3 is 0 Å². The van der Waals surface area contributed by atoms with Crippen molar-refractivity contribution in [1.82, 2.24) is 0 Å². The van der Waals surface area contributed by atoms with Gasteiger partial charge in [0, 0.05) is 16.3 Å². The maximum Gasteiger partial charge on any atom is 0.0594 e. The molecule has 4 rings (SSSR count). The van der Waals surface area contributed by atoms with E-state index in [-0.39, 0.29) is 11.8 Å². The van der Waals surface area contributed by atoms with Gasteiger partial charge in [0.2, 0.25) is 0 Å². The average Bonchev–Trinajstić information content (AvgIpc) is 2.24. The molecule has 3 aliphatic carbocycles. The van der Waals surface area contributed by atoms with Gasteiger partial charge in [0.05, 0.1) is 1.37 Å². The fraction of sp³-hybridized carbons (Fsp3) is 0.167. The number of benzene rings is 1. The number of halogens is 1. The first kappa shape index (κ1) is 6.61. The monoisotopic (exact) mass is 233 g/mol. The van der Waals surface area contributed by atoms with Crippen LogP contribution in [0.1, 0.15) is 24.3 Å². The summed E-state index contributed by atoms with van der Waals surface area (Å²) in [5.74, 6) is 0.453. The molecule has 0 nitrogen and oxygen atoms in total. The molecule has 0 radical (unpaired) electrons. The van der Waals surface area contributed by atoms with Gasteiger partial charge in [-0.25, -0.2) is 0 Å². The topological polar surface area (TPSA) is 0 Å². The van der Waals surface area contributed by atoms with Crippen LogP contribution in [0.15, 0.2) is 47.0 Å². The summed E-state index contributed by atoms with van der Waals surface area (Å²) in [4.78, 5) is 0. The van der Waals surface area contributed by atoms with Gasteiger partial charge >= 0.3 is 0 Å². The summed E-state index contributed by atoms with van der Waals surface area (Å²) in [7, 11) is 0. The van der Waals surface area contributed by atoms with Crippen LogP contribution in [0.25, 0.3) is 0 Å². The van der Waals surface area contributed by atoms with Crippen LogP contribution < -0.4 is 0 Å². The molecule has 2 unspecified atom stereocenters. The minimum Gasteiger partial charge on any atom is -0.0762 e. The summed E-state index contributed by atoms with van der Waals surface area (Å²) in [5, 5.41) is 0. The Morgan fingerprint density at radius 3 is 2.77 bits per heavy atom. The lowest BCUT2D eigenvalue weighted by atomic mass is 9.76. The van der Waals surface area contributed by atoms with Crippen LogP contribution in [0.3, 0.4) is 0 Å². The zero-order valence-electron chi connectivity index (χ0n) is 8.00. The molecule has 0 heterocycles. The van der Waals surface area contributed by atoms with Crippen LogP contribution in [-0.4, -0.2) is 0 Å². The molecule has 0 saturated carbocycles. The Kier molecular flexibility index (Phi) is 1.31. The van der Waals surface area contributed by atoms with Crippen molar-refractivity contribution < 1.29 is 1.37 Å². The van der Waals surface area contributed by atoms with E-state index >= 15 is 0 Å². The van der Waals surface area contributed by atoms with Gasteiger partial charge in [0.25, 0.3) is 0 Å². The average molecular weight is 234 g/mol. The molecule has 0 amide bonds. The highest BCUT2D eigenvalue weighted by Crippen LogP contribution is 2.46. The number of hydrogen-bond donors (Lipinski definition) is 0. The lowest BCUT2D eigenvalue weighted by Gasteiger charge is -2.30. The van der Waals surface area contributed by atoms with Gasteiger partial charge in [-0.15, -0.1) is 0 Å². The van der Waals surface area contributed by atoms with Gasteiger partial charge in [-0.2, -0.15) is 0 Å². The first-order chi connectivity index (χ1) is 6.79. The first-order valence-electron chi connectivity index (χ1n) is 4.92. The maximum atomic E-state index is 7.98. The second-order valence-electron chi connectivity index (χ2n) is 3.46. The SMILES string of the molecule is [2H]C1=C(Br)C2C=CC1c1ccccc12. The highest BCUT2D eigenvalue weighted by molar-refractivity contribution is 9.11. The van der Waals surface area contributed by atoms with E-state index in [0.29, 0.717) is 0 Å². The van der Waals surface area contributed by atoms with Gasteiger partial charge in [0.1, 0.15) is 0 Å². The third-order valence-corrected chi connectivity index (χ3v) is 3.45. The third-order valence-electron chi connectivity index (χ3n) is 2.73. The Labute approximate surface area is 87.5 Å². The van der Waals surface area contributed by atoms with Crippen molar-refractivity contribution in [2.24, 2.45) is 0 Å². The van der Waals surface area contributed by atoms with E-state index in [9.17, 15) is 0 Å². The van der Waals surface area contributed by atoms with Crippen molar-refractivity contribution in [3.63, 3.8) is 0 Å². The van der Waals surface area contributed by atoms with Crippen molar-refractivity contribution >= 4 is 15.9 Å². The molecule has 2 atom stereocenters. The lowest BCUT2D eigenvalue weighted by Crippen LogP contribution is -2.14. The van der Waals surface area contributed by atoms with E-state index in [1.807, 2.05) is 0 Å².